The highest BCUT2D eigenvalue weighted by molar-refractivity contribution is 5.94. The van der Waals surface area contributed by atoms with Gasteiger partial charge in [-0.05, 0) is 41.7 Å². The lowest BCUT2D eigenvalue weighted by Gasteiger charge is -2.44. The van der Waals surface area contributed by atoms with Crippen LogP contribution in [0, 0.1) is 5.82 Å². The number of rotatable bonds is 6. The number of hydrogen-bond donors (Lipinski definition) is 2. The van der Waals surface area contributed by atoms with Gasteiger partial charge >= 0.3 is 0 Å². The Labute approximate surface area is 227 Å². The van der Waals surface area contributed by atoms with E-state index in [9.17, 15) is 19.1 Å². The molecule has 0 saturated carbocycles. The van der Waals surface area contributed by atoms with Crippen LogP contribution in [0.2, 0.25) is 0 Å². The molecule has 2 aliphatic heterocycles. The molecule has 2 aliphatic rings. The predicted molar refractivity (Wildman–Crippen MR) is 144 cm³/mol. The lowest BCUT2D eigenvalue weighted by molar-refractivity contribution is -0.151. The van der Waals surface area contributed by atoms with Crippen molar-refractivity contribution in [2.75, 3.05) is 19.8 Å². The number of halogens is 1. The molecule has 0 spiro atoms. The van der Waals surface area contributed by atoms with E-state index in [2.05, 4.69) is 17.4 Å². The van der Waals surface area contributed by atoms with Gasteiger partial charge in [-0.25, -0.2) is 4.39 Å². The Kier molecular flexibility index (Phi) is 8.66. The highest BCUT2D eigenvalue weighted by Crippen LogP contribution is 2.29. The maximum absolute atomic E-state index is 14.4. The van der Waals surface area contributed by atoms with Crippen LogP contribution in [0.1, 0.15) is 35.2 Å². The number of benzene rings is 3. The number of fused-ring (bicyclic) bond motifs is 1. The highest BCUT2D eigenvalue weighted by atomic mass is 19.1. The molecule has 39 heavy (non-hydrogen) atoms. The quantitative estimate of drug-likeness (QED) is 0.502. The maximum Gasteiger partial charge on any atom is 0.257 e. The van der Waals surface area contributed by atoms with Crippen LogP contribution in [0.3, 0.4) is 0 Å². The second-order valence-electron chi connectivity index (χ2n) is 10.1. The lowest BCUT2D eigenvalue weighted by atomic mass is 9.94. The van der Waals surface area contributed by atoms with Crippen molar-refractivity contribution in [3.63, 3.8) is 0 Å². The molecule has 7 nitrogen and oxygen atoms in total. The number of ether oxygens (including phenoxy) is 2. The van der Waals surface area contributed by atoms with Crippen LogP contribution in [0.25, 0.3) is 11.1 Å². The predicted octanol–water partition coefficient (Wildman–Crippen LogP) is 3.95. The van der Waals surface area contributed by atoms with Crippen molar-refractivity contribution < 1.29 is 28.6 Å². The largest absolute Gasteiger partial charge is 0.389 e. The third kappa shape index (κ3) is 6.71. The summed E-state index contributed by atoms with van der Waals surface area (Å²) < 4.78 is 26.3. The van der Waals surface area contributed by atoms with E-state index in [0.717, 1.165) is 16.7 Å². The van der Waals surface area contributed by atoms with Crippen LogP contribution in [-0.2, 0) is 20.8 Å². The van der Waals surface area contributed by atoms with Crippen LogP contribution in [0.4, 0.5) is 4.39 Å². The van der Waals surface area contributed by atoms with E-state index < -0.39 is 30.0 Å². The zero-order valence-corrected chi connectivity index (χ0v) is 21.7. The average Bonchev–Trinajstić information content (AvgIpc) is 2.95. The van der Waals surface area contributed by atoms with Crippen LogP contribution in [0.5, 0.6) is 0 Å². The van der Waals surface area contributed by atoms with Gasteiger partial charge in [0.25, 0.3) is 5.91 Å². The van der Waals surface area contributed by atoms with Gasteiger partial charge in [0.05, 0.1) is 43.4 Å². The first kappa shape index (κ1) is 27.0. The van der Waals surface area contributed by atoms with Gasteiger partial charge in [-0.2, -0.15) is 0 Å². The van der Waals surface area contributed by atoms with E-state index in [1.165, 1.54) is 23.1 Å². The first-order valence-corrected chi connectivity index (χ1v) is 13.4. The zero-order valence-electron chi connectivity index (χ0n) is 21.7. The van der Waals surface area contributed by atoms with Crippen molar-refractivity contribution in [1.82, 2.24) is 10.2 Å². The van der Waals surface area contributed by atoms with Crippen LogP contribution >= 0.6 is 0 Å². The Morgan fingerprint density at radius 1 is 0.923 bits per heavy atom. The number of amides is 2. The number of β-amino-alcohol motifs (C(OH)–C–C–N with tert-alkyl or cyclic N) is 1. The molecule has 3 aromatic carbocycles. The summed E-state index contributed by atoms with van der Waals surface area (Å²) >= 11 is 0. The Morgan fingerprint density at radius 3 is 2.41 bits per heavy atom. The van der Waals surface area contributed by atoms with Crippen molar-refractivity contribution in [3.8, 4) is 11.1 Å². The van der Waals surface area contributed by atoms with Gasteiger partial charge in [-0.1, -0.05) is 66.7 Å². The molecule has 8 heteroatoms. The summed E-state index contributed by atoms with van der Waals surface area (Å²) in [6, 6.07) is 23.7. The molecule has 0 radical (unpaired) electrons. The Morgan fingerprint density at radius 2 is 1.64 bits per heavy atom. The smallest absolute Gasteiger partial charge is 0.257 e. The summed E-state index contributed by atoms with van der Waals surface area (Å²) in [6.07, 6.45) is -0.394. The van der Waals surface area contributed by atoms with Crippen molar-refractivity contribution in [2.24, 2.45) is 0 Å². The maximum atomic E-state index is 14.4. The molecule has 4 atom stereocenters. The van der Waals surface area contributed by atoms with Gasteiger partial charge in [-0.3, -0.25) is 9.59 Å². The van der Waals surface area contributed by atoms with Gasteiger partial charge in [0.2, 0.25) is 5.91 Å². The number of nitrogens with zero attached hydrogens (tertiary/aromatic N) is 1. The third-order valence-electron chi connectivity index (χ3n) is 7.31. The van der Waals surface area contributed by atoms with E-state index in [4.69, 9.17) is 9.47 Å². The molecule has 0 bridgehead atoms. The van der Waals surface area contributed by atoms with Gasteiger partial charge in [0.1, 0.15) is 11.9 Å². The van der Waals surface area contributed by atoms with Gasteiger partial charge < -0.3 is 24.8 Å². The second-order valence-corrected chi connectivity index (χ2v) is 10.1. The normalized spacial score (nSPS) is 23.3. The number of carbonyl (C=O) groups excluding carboxylic acids is 2. The summed E-state index contributed by atoms with van der Waals surface area (Å²) in [4.78, 5) is 27.5. The minimum atomic E-state index is -0.882. The fraction of sp³-hybridized carbons (Fsp3) is 0.355. The van der Waals surface area contributed by atoms with Crippen LogP contribution < -0.4 is 5.32 Å². The summed E-state index contributed by atoms with van der Waals surface area (Å²) in [5.41, 5.74) is 3.22. The van der Waals surface area contributed by atoms with Crippen molar-refractivity contribution >= 4 is 11.8 Å². The number of hydrogen-bond acceptors (Lipinski definition) is 5. The lowest BCUT2D eigenvalue weighted by Crippen LogP contribution is -2.57. The molecule has 0 aliphatic carbocycles. The van der Waals surface area contributed by atoms with Crippen LogP contribution in [-0.4, -0.2) is 65.9 Å². The van der Waals surface area contributed by atoms with Gasteiger partial charge in [0.15, 0.2) is 0 Å². The number of carbonyl (C=O) groups is 2. The second kappa shape index (κ2) is 12.5. The molecule has 2 heterocycles. The minimum Gasteiger partial charge on any atom is -0.389 e. The zero-order chi connectivity index (χ0) is 27.2. The highest BCUT2D eigenvalue weighted by Gasteiger charge is 2.40. The topological polar surface area (TPSA) is 88.1 Å². The summed E-state index contributed by atoms with van der Waals surface area (Å²) in [7, 11) is 0. The number of aliphatic hydroxyl groups is 1. The summed E-state index contributed by atoms with van der Waals surface area (Å²) in [5, 5.41) is 13.3. The first-order valence-electron chi connectivity index (χ1n) is 13.4. The SMILES string of the molecule is O=C(C[C@H]1CC[C@@H]2[C@H](COC[C@@H](O)CN2C(=O)c2ccccc2F)O1)NCc1ccc(-c2ccccc2)cc1. The van der Waals surface area contributed by atoms with Gasteiger partial charge in [0, 0.05) is 13.1 Å². The Bertz CT molecular complexity index is 1270. The van der Waals surface area contributed by atoms with E-state index in [1.54, 1.807) is 6.07 Å². The summed E-state index contributed by atoms with van der Waals surface area (Å²) in [5.74, 6) is -1.21. The Hall–Kier alpha value is -3.59. The van der Waals surface area contributed by atoms with Crippen LogP contribution in [0.15, 0.2) is 78.9 Å². The molecule has 3 aromatic rings. The molecule has 2 fully saturated rings. The summed E-state index contributed by atoms with van der Waals surface area (Å²) in [6.45, 7) is 0.654. The monoisotopic (exact) mass is 532 g/mol. The molecule has 0 aromatic heterocycles. The average molecular weight is 533 g/mol. The van der Waals surface area contributed by atoms with Crippen molar-refractivity contribution in [2.45, 2.75) is 50.2 Å². The third-order valence-corrected chi connectivity index (χ3v) is 7.31. The van der Waals surface area contributed by atoms with E-state index >= 15 is 0 Å². The van der Waals surface area contributed by atoms with Crippen molar-refractivity contribution in [1.29, 1.82) is 0 Å². The van der Waals surface area contributed by atoms with Crippen molar-refractivity contribution in [3.05, 3.63) is 95.8 Å². The number of aliphatic hydroxyl groups excluding tert-OH is 1. The van der Waals surface area contributed by atoms with E-state index in [-0.39, 0.29) is 43.8 Å². The fourth-order valence-electron chi connectivity index (χ4n) is 5.29. The number of nitrogens with one attached hydrogen (secondary N) is 1. The molecule has 2 amide bonds. The first-order chi connectivity index (χ1) is 19.0. The molecule has 5 rings (SSSR count). The molecular weight excluding hydrogens is 499 g/mol. The molecule has 2 N–H and O–H groups in total. The molecule has 2 saturated heterocycles. The molecule has 204 valence electrons. The fourth-order valence-corrected chi connectivity index (χ4v) is 5.29. The standard InChI is InChI=1S/C31H33FN2O5/c32-27-9-5-4-8-26(27)31(37)34-18-24(35)19-38-20-29-28(34)15-14-25(39-29)16-30(36)33-17-21-10-12-23(13-11-21)22-6-2-1-3-7-22/h1-13,24-25,28-29,35H,14-20H2,(H,33,36)/t24-,25+,28+,29-/m0/s1. The molecular formula is C31H33FN2O5. The van der Waals surface area contributed by atoms with Gasteiger partial charge in [-0.15, -0.1) is 0 Å². The molecule has 0 unspecified atom stereocenters. The van der Waals surface area contributed by atoms with E-state index in [1.807, 2.05) is 42.5 Å². The minimum absolute atomic E-state index is 0.0198. The Balaban J connectivity index is 1.17. The van der Waals surface area contributed by atoms with E-state index in [0.29, 0.717) is 19.4 Å².